The van der Waals surface area contributed by atoms with Crippen molar-refractivity contribution < 1.29 is 5.11 Å². The van der Waals surface area contributed by atoms with E-state index in [2.05, 4.69) is 22.5 Å². The lowest BCUT2D eigenvalue weighted by Gasteiger charge is -2.20. The van der Waals surface area contributed by atoms with E-state index in [-0.39, 0.29) is 11.4 Å². The van der Waals surface area contributed by atoms with Gasteiger partial charge in [0.2, 0.25) is 0 Å². The summed E-state index contributed by atoms with van der Waals surface area (Å²) in [5, 5.41) is 8.84. The van der Waals surface area contributed by atoms with Crippen molar-refractivity contribution in [1.82, 2.24) is 0 Å². The van der Waals surface area contributed by atoms with Crippen LogP contribution in [0.3, 0.4) is 0 Å². The molecular weight excluding hydrogens is 212 g/mol. The maximum atomic E-state index is 8.84. The van der Waals surface area contributed by atoms with Gasteiger partial charge in [-0.05, 0) is 18.3 Å². The van der Waals surface area contributed by atoms with E-state index >= 15 is 0 Å². The molecule has 0 aliphatic heterocycles. The van der Waals surface area contributed by atoms with Crippen molar-refractivity contribution in [3.63, 3.8) is 0 Å². The van der Waals surface area contributed by atoms with Crippen LogP contribution >= 0.6 is 27.7 Å². The summed E-state index contributed by atoms with van der Waals surface area (Å²) in [5.41, 5.74) is 0. The van der Waals surface area contributed by atoms with Gasteiger partial charge in [-0.2, -0.15) is 0 Å². The topological polar surface area (TPSA) is 20.2 Å². The Labute approximate surface area is 75.0 Å². The van der Waals surface area contributed by atoms with Gasteiger partial charge in [-0.1, -0.05) is 22.5 Å². The summed E-state index contributed by atoms with van der Waals surface area (Å²) in [4.78, 5) is 0. The predicted octanol–water partition coefficient (Wildman–Crippen LogP) is 2.40. The van der Waals surface area contributed by atoms with E-state index in [0.717, 1.165) is 10.2 Å². The van der Waals surface area contributed by atoms with Crippen LogP contribution in [0.1, 0.15) is 13.8 Å². The summed E-state index contributed by atoms with van der Waals surface area (Å²) in [6.07, 6.45) is 0. The summed E-state index contributed by atoms with van der Waals surface area (Å²) in [5.74, 6) is 0.855. The third-order valence-electron chi connectivity index (χ3n) is 1.00. The number of hydrogen-bond acceptors (Lipinski definition) is 2. The van der Waals surface area contributed by atoms with Crippen molar-refractivity contribution in [3.8, 4) is 0 Å². The molecule has 0 fully saturated rings. The normalized spacial score (nSPS) is 11.6. The molecule has 0 heterocycles. The van der Waals surface area contributed by atoms with Crippen LogP contribution in [0.25, 0.3) is 0 Å². The van der Waals surface area contributed by atoms with Gasteiger partial charge in [0.25, 0.3) is 0 Å². The Hall–Kier alpha value is 0.530. The highest BCUT2D eigenvalue weighted by Gasteiger charge is 2.16. The third kappa shape index (κ3) is 5.33. The minimum Gasteiger partial charge on any atom is -0.395 e. The fraction of sp³-hybridized carbons (Fsp3) is 0.714. The molecule has 0 aliphatic carbocycles. The molecule has 0 unspecified atom stereocenters. The number of hydrogen-bond donors (Lipinski definition) is 1. The highest BCUT2D eigenvalue weighted by Crippen LogP contribution is 2.26. The Morgan fingerprint density at radius 1 is 1.70 bits per heavy atom. The molecule has 1 nitrogen and oxygen atoms in total. The molecule has 0 saturated heterocycles. The van der Waals surface area contributed by atoms with Gasteiger partial charge in [0, 0.05) is 10.5 Å². The molecule has 60 valence electrons. The zero-order valence-corrected chi connectivity index (χ0v) is 8.76. The summed E-state index contributed by atoms with van der Waals surface area (Å²) < 4.78 is 0.926. The van der Waals surface area contributed by atoms with Gasteiger partial charge >= 0.3 is 0 Å². The van der Waals surface area contributed by atoms with Crippen molar-refractivity contribution in [2.75, 3.05) is 12.4 Å². The Morgan fingerprint density at radius 3 is 2.50 bits per heavy atom. The fourth-order valence-corrected chi connectivity index (χ4v) is 1.30. The van der Waals surface area contributed by atoms with Crippen molar-refractivity contribution in [3.05, 3.63) is 11.1 Å². The lowest BCUT2D eigenvalue weighted by molar-refractivity contribution is 0.265. The van der Waals surface area contributed by atoms with Gasteiger partial charge in [-0.15, -0.1) is 11.8 Å². The molecule has 0 spiro atoms. The molecule has 0 bridgehead atoms. The molecule has 0 aromatic rings. The third-order valence-corrected chi connectivity index (χ3v) is 3.06. The van der Waals surface area contributed by atoms with E-state index in [1.165, 1.54) is 0 Å². The summed E-state index contributed by atoms with van der Waals surface area (Å²) in [6, 6.07) is 0. The van der Waals surface area contributed by atoms with Crippen molar-refractivity contribution in [2.24, 2.45) is 0 Å². The first-order valence-electron chi connectivity index (χ1n) is 3.06. The largest absolute Gasteiger partial charge is 0.395 e. The fourth-order valence-electron chi connectivity index (χ4n) is 0.319. The quantitative estimate of drug-likeness (QED) is 0.792. The molecule has 0 atom stereocenters. The Bertz CT molecular complexity index is 123. The lowest BCUT2D eigenvalue weighted by Crippen LogP contribution is -2.20. The first-order chi connectivity index (χ1) is 4.48. The Kier molecular flexibility index (Phi) is 4.65. The van der Waals surface area contributed by atoms with Crippen molar-refractivity contribution in [2.45, 2.75) is 18.6 Å². The SMILES string of the molecule is C=C(Br)CSC(C)(C)CO. The molecule has 0 rings (SSSR count). The second-order valence-corrected chi connectivity index (χ2v) is 5.53. The van der Waals surface area contributed by atoms with E-state index in [0.29, 0.717) is 0 Å². The zero-order valence-electron chi connectivity index (χ0n) is 6.35. The van der Waals surface area contributed by atoms with Crippen LogP contribution in [-0.2, 0) is 0 Å². The van der Waals surface area contributed by atoms with Crippen LogP contribution in [0.5, 0.6) is 0 Å². The average molecular weight is 225 g/mol. The molecule has 0 amide bonds. The van der Waals surface area contributed by atoms with Crippen LogP contribution in [0.2, 0.25) is 0 Å². The first kappa shape index (κ1) is 10.5. The first-order valence-corrected chi connectivity index (χ1v) is 4.84. The van der Waals surface area contributed by atoms with Crippen molar-refractivity contribution >= 4 is 27.7 Å². The number of thioether (sulfide) groups is 1. The van der Waals surface area contributed by atoms with Crippen molar-refractivity contribution in [1.29, 1.82) is 0 Å². The van der Waals surface area contributed by atoms with Crippen LogP contribution in [0.15, 0.2) is 11.1 Å². The van der Waals surface area contributed by atoms with Gasteiger partial charge < -0.3 is 5.11 Å². The second kappa shape index (κ2) is 4.42. The number of halogens is 1. The van der Waals surface area contributed by atoms with E-state index in [9.17, 15) is 0 Å². The van der Waals surface area contributed by atoms with Gasteiger partial charge in [-0.25, -0.2) is 0 Å². The second-order valence-electron chi connectivity index (χ2n) is 2.72. The zero-order chi connectivity index (χ0) is 8.20. The van der Waals surface area contributed by atoms with Crippen LogP contribution in [0, 0.1) is 0 Å². The van der Waals surface area contributed by atoms with Gasteiger partial charge in [0.1, 0.15) is 0 Å². The highest BCUT2D eigenvalue weighted by molar-refractivity contribution is 9.11. The molecule has 0 aliphatic rings. The number of aliphatic hydroxyl groups excluding tert-OH is 1. The molecule has 0 aromatic carbocycles. The van der Waals surface area contributed by atoms with E-state index in [4.69, 9.17) is 5.11 Å². The monoisotopic (exact) mass is 224 g/mol. The van der Waals surface area contributed by atoms with E-state index < -0.39 is 0 Å². The molecule has 1 N–H and O–H groups in total. The molecule has 10 heavy (non-hydrogen) atoms. The van der Waals surface area contributed by atoms with Crippen LogP contribution in [0.4, 0.5) is 0 Å². The minimum atomic E-state index is -0.0449. The summed E-state index contributed by atoms with van der Waals surface area (Å²) >= 11 is 4.95. The Balaban J connectivity index is 3.56. The summed E-state index contributed by atoms with van der Waals surface area (Å²) in [6.45, 7) is 7.93. The molecule has 3 heteroatoms. The maximum absolute atomic E-state index is 8.84. The average Bonchev–Trinajstić information content (AvgIpc) is 1.85. The van der Waals surface area contributed by atoms with E-state index in [1.54, 1.807) is 11.8 Å². The predicted molar refractivity (Wildman–Crippen MR) is 51.7 cm³/mol. The molecule has 0 aromatic heterocycles. The standard InChI is InChI=1S/C7H13BrOS/c1-6(8)4-10-7(2,3)5-9/h9H,1,4-5H2,2-3H3. The number of aliphatic hydroxyl groups is 1. The van der Waals surface area contributed by atoms with E-state index in [1.807, 2.05) is 13.8 Å². The highest BCUT2D eigenvalue weighted by atomic mass is 79.9. The Morgan fingerprint density at radius 2 is 2.20 bits per heavy atom. The van der Waals surface area contributed by atoms with Crippen LogP contribution in [-0.4, -0.2) is 22.2 Å². The lowest BCUT2D eigenvalue weighted by atomic mass is 10.2. The minimum absolute atomic E-state index is 0.0449. The van der Waals surface area contributed by atoms with Gasteiger partial charge in [0.05, 0.1) is 6.61 Å². The molecular formula is C7H13BrOS. The maximum Gasteiger partial charge on any atom is 0.0572 e. The van der Waals surface area contributed by atoms with Crippen LogP contribution < -0.4 is 0 Å². The summed E-state index contributed by atoms with van der Waals surface area (Å²) in [7, 11) is 0. The molecule has 0 radical (unpaired) electrons. The van der Waals surface area contributed by atoms with Gasteiger partial charge in [0.15, 0.2) is 0 Å². The van der Waals surface area contributed by atoms with Gasteiger partial charge in [-0.3, -0.25) is 0 Å². The number of rotatable bonds is 4. The molecule has 0 saturated carbocycles. The smallest absolute Gasteiger partial charge is 0.0572 e.